The van der Waals surface area contributed by atoms with Crippen LogP contribution in [0.1, 0.15) is 18.9 Å². The van der Waals surface area contributed by atoms with Gasteiger partial charge in [0.2, 0.25) is 0 Å². The fourth-order valence-electron chi connectivity index (χ4n) is 4.24. The number of guanidine groups is 1. The summed E-state index contributed by atoms with van der Waals surface area (Å²) < 4.78 is 5.37. The van der Waals surface area contributed by atoms with Crippen molar-refractivity contribution in [3.63, 3.8) is 0 Å². The van der Waals surface area contributed by atoms with Gasteiger partial charge < -0.3 is 25.3 Å². The average molecular weight is 547 g/mol. The number of ether oxygens (including phenoxy) is 1. The van der Waals surface area contributed by atoms with Gasteiger partial charge in [-0.05, 0) is 49.4 Å². The smallest absolute Gasteiger partial charge is 0.191 e. The summed E-state index contributed by atoms with van der Waals surface area (Å²) in [5.74, 6) is 2.38. The lowest BCUT2D eigenvalue weighted by Crippen LogP contribution is -2.38. The number of H-pyrrole nitrogens is 1. The van der Waals surface area contributed by atoms with Gasteiger partial charge in [0, 0.05) is 61.6 Å². The van der Waals surface area contributed by atoms with Crippen molar-refractivity contribution < 1.29 is 4.74 Å². The van der Waals surface area contributed by atoms with Gasteiger partial charge in [-0.15, -0.1) is 24.0 Å². The monoisotopic (exact) mass is 547 g/mol. The van der Waals surface area contributed by atoms with E-state index in [0.29, 0.717) is 5.92 Å². The average Bonchev–Trinajstić information content (AvgIpc) is 3.45. The number of anilines is 1. The Morgan fingerprint density at radius 2 is 2.06 bits per heavy atom. The van der Waals surface area contributed by atoms with Crippen LogP contribution in [-0.2, 0) is 6.42 Å². The molecule has 1 atom stereocenters. The van der Waals surface area contributed by atoms with E-state index in [0.717, 1.165) is 57.3 Å². The summed E-state index contributed by atoms with van der Waals surface area (Å²) in [4.78, 5) is 10.7. The summed E-state index contributed by atoms with van der Waals surface area (Å²) in [6.45, 7) is 6.76. The lowest BCUT2D eigenvalue weighted by molar-refractivity contribution is 0.415. The molecular formula is C25H34IN5O. The molecule has 7 heteroatoms. The highest BCUT2D eigenvalue weighted by Crippen LogP contribution is 2.27. The SMILES string of the molecule is CCNC(=NCC1CCN(c2cccc(OC)c2)C1)NCCc1c[nH]c2ccccc12.I. The van der Waals surface area contributed by atoms with Crippen molar-refractivity contribution >= 4 is 46.5 Å². The van der Waals surface area contributed by atoms with Crippen LogP contribution in [0.25, 0.3) is 10.9 Å². The first-order chi connectivity index (χ1) is 15.3. The zero-order valence-corrected chi connectivity index (χ0v) is 21.3. The predicted octanol–water partition coefficient (Wildman–Crippen LogP) is 4.42. The van der Waals surface area contributed by atoms with E-state index < -0.39 is 0 Å². The number of nitrogens with zero attached hydrogens (tertiary/aromatic N) is 2. The van der Waals surface area contributed by atoms with Crippen molar-refractivity contribution in [1.29, 1.82) is 0 Å². The minimum atomic E-state index is 0. The molecule has 1 unspecified atom stereocenters. The van der Waals surface area contributed by atoms with E-state index in [1.165, 1.54) is 22.2 Å². The maximum absolute atomic E-state index is 5.37. The molecule has 2 heterocycles. The number of aromatic nitrogens is 1. The second-order valence-electron chi connectivity index (χ2n) is 8.06. The van der Waals surface area contributed by atoms with Gasteiger partial charge in [-0.25, -0.2) is 0 Å². The Hall–Kier alpha value is -2.42. The molecule has 32 heavy (non-hydrogen) atoms. The van der Waals surface area contributed by atoms with E-state index >= 15 is 0 Å². The number of aliphatic imine (C=N–C) groups is 1. The van der Waals surface area contributed by atoms with E-state index in [-0.39, 0.29) is 24.0 Å². The Kier molecular flexibility index (Phi) is 9.08. The summed E-state index contributed by atoms with van der Waals surface area (Å²) in [6, 6.07) is 16.8. The minimum absolute atomic E-state index is 0. The first-order valence-corrected chi connectivity index (χ1v) is 11.2. The van der Waals surface area contributed by atoms with E-state index in [2.05, 4.69) is 76.1 Å². The van der Waals surface area contributed by atoms with Crippen LogP contribution in [0, 0.1) is 5.92 Å². The fraction of sp³-hybridized carbons (Fsp3) is 0.400. The van der Waals surface area contributed by atoms with Crippen molar-refractivity contribution in [1.82, 2.24) is 15.6 Å². The molecular weight excluding hydrogens is 513 g/mol. The molecule has 6 nitrogen and oxygen atoms in total. The molecule has 0 radical (unpaired) electrons. The molecule has 3 aromatic rings. The fourth-order valence-corrected chi connectivity index (χ4v) is 4.24. The molecule has 0 amide bonds. The largest absolute Gasteiger partial charge is 0.497 e. The van der Waals surface area contributed by atoms with Gasteiger partial charge in [-0.2, -0.15) is 0 Å². The standard InChI is InChI=1S/C25H33N5O.HI/c1-3-26-25(27-13-11-20-17-28-24-10-5-4-9-23(20)24)29-16-19-12-14-30(18-19)21-7-6-8-22(15-21)31-2;/h4-10,15,17,19,28H,3,11-14,16,18H2,1-2H3,(H2,26,27,29);1H. The topological polar surface area (TPSA) is 64.7 Å². The van der Waals surface area contributed by atoms with Gasteiger partial charge in [-0.1, -0.05) is 24.3 Å². The number of benzene rings is 2. The van der Waals surface area contributed by atoms with Crippen molar-refractivity contribution in [3.8, 4) is 5.75 Å². The van der Waals surface area contributed by atoms with Gasteiger partial charge in [0.25, 0.3) is 0 Å². The summed E-state index contributed by atoms with van der Waals surface area (Å²) in [6.07, 6.45) is 4.24. The first-order valence-electron chi connectivity index (χ1n) is 11.2. The highest BCUT2D eigenvalue weighted by molar-refractivity contribution is 14.0. The number of halogens is 1. The van der Waals surface area contributed by atoms with Crippen molar-refractivity contribution in [2.75, 3.05) is 44.7 Å². The number of hydrogen-bond donors (Lipinski definition) is 3. The van der Waals surface area contributed by atoms with Crippen molar-refractivity contribution in [2.45, 2.75) is 19.8 Å². The number of fused-ring (bicyclic) bond motifs is 1. The van der Waals surface area contributed by atoms with Gasteiger partial charge in [0.05, 0.1) is 7.11 Å². The van der Waals surface area contributed by atoms with E-state index in [4.69, 9.17) is 9.73 Å². The molecule has 3 N–H and O–H groups in total. The van der Waals surface area contributed by atoms with Gasteiger partial charge >= 0.3 is 0 Å². The van der Waals surface area contributed by atoms with Crippen LogP contribution in [0.5, 0.6) is 5.75 Å². The third kappa shape index (κ3) is 6.09. The third-order valence-electron chi connectivity index (χ3n) is 5.92. The molecule has 1 fully saturated rings. The van der Waals surface area contributed by atoms with E-state index in [1.54, 1.807) is 7.11 Å². The molecule has 0 bridgehead atoms. The second kappa shape index (κ2) is 12.0. The summed E-state index contributed by atoms with van der Waals surface area (Å²) in [7, 11) is 1.72. The van der Waals surface area contributed by atoms with Crippen LogP contribution in [0.2, 0.25) is 0 Å². The highest BCUT2D eigenvalue weighted by Gasteiger charge is 2.22. The Balaban J connectivity index is 0.00000289. The van der Waals surface area contributed by atoms with E-state index in [1.807, 2.05) is 6.07 Å². The van der Waals surface area contributed by atoms with Crippen LogP contribution >= 0.6 is 24.0 Å². The Labute approximate surface area is 207 Å². The second-order valence-corrected chi connectivity index (χ2v) is 8.06. The molecule has 1 saturated heterocycles. The van der Waals surface area contributed by atoms with Crippen LogP contribution < -0.4 is 20.3 Å². The zero-order valence-electron chi connectivity index (χ0n) is 18.9. The van der Waals surface area contributed by atoms with Crippen LogP contribution in [-0.4, -0.2) is 50.8 Å². The maximum Gasteiger partial charge on any atom is 0.191 e. The lowest BCUT2D eigenvalue weighted by Gasteiger charge is -2.19. The molecule has 0 saturated carbocycles. The highest BCUT2D eigenvalue weighted by atomic mass is 127. The van der Waals surface area contributed by atoms with Gasteiger partial charge in [0.1, 0.15) is 5.75 Å². The third-order valence-corrected chi connectivity index (χ3v) is 5.92. The predicted molar refractivity (Wildman–Crippen MR) is 145 cm³/mol. The van der Waals surface area contributed by atoms with Crippen LogP contribution in [0.3, 0.4) is 0 Å². The molecule has 4 rings (SSSR count). The van der Waals surface area contributed by atoms with Gasteiger partial charge in [0.15, 0.2) is 5.96 Å². The molecule has 0 spiro atoms. The van der Waals surface area contributed by atoms with Gasteiger partial charge in [-0.3, -0.25) is 4.99 Å². The van der Waals surface area contributed by atoms with Crippen molar-refractivity contribution in [3.05, 3.63) is 60.3 Å². The summed E-state index contributed by atoms with van der Waals surface area (Å²) in [5, 5.41) is 8.18. The molecule has 2 aromatic carbocycles. The molecule has 1 aromatic heterocycles. The lowest BCUT2D eigenvalue weighted by atomic mass is 10.1. The number of aromatic amines is 1. The normalized spacial score (nSPS) is 16.1. The maximum atomic E-state index is 5.37. The number of hydrogen-bond acceptors (Lipinski definition) is 3. The Morgan fingerprint density at radius 1 is 1.19 bits per heavy atom. The first kappa shape index (κ1) is 24.2. The molecule has 1 aliphatic heterocycles. The Morgan fingerprint density at radius 3 is 2.91 bits per heavy atom. The molecule has 1 aliphatic rings. The molecule has 0 aliphatic carbocycles. The molecule has 172 valence electrons. The minimum Gasteiger partial charge on any atom is -0.497 e. The van der Waals surface area contributed by atoms with E-state index in [9.17, 15) is 0 Å². The number of nitrogens with one attached hydrogen (secondary N) is 3. The number of methoxy groups -OCH3 is 1. The Bertz CT molecular complexity index is 1020. The van der Waals surface area contributed by atoms with Crippen LogP contribution in [0.15, 0.2) is 59.7 Å². The summed E-state index contributed by atoms with van der Waals surface area (Å²) in [5.41, 5.74) is 3.76. The summed E-state index contributed by atoms with van der Waals surface area (Å²) >= 11 is 0. The number of para-hydroxylation sites is 1. The number of rotatable bonds is 8. The quantitative estimate of drug-likeness (QED) is 0.222. The van der Waals surface area contributed by atoms with Crippen molar-refractivity contribution in [2.24, 2.45) is 10.9 Å². The zero-order chi connectivity index (χ0) is 21.5. The van der Waals surface area contributed by atoms with Crippen LogP contribution in [0.4, 0.5) is 5.69 Å².